The van der Waals surface area contributed by atoms with Gasteiger partial charge in [0, 0.05) is 18.1 Å². The van der Waals surface area contributed by atoms with Crippen LogP contribution in [0.15, 0.2) is 16.7 Å². The van der Waals surface area contributed by atoms with E-state index in [4.69, 9.17) is 9.26 Å². The zero-order chi connectivity index (χ0) is 15.3. The standard InChI is InChI=1S/C11H14N4O4S2/c1-18-9-4-3-8(13-14-9)11-12-10(19-15-11)7-20-5-6-21(2,16)17/h3-4H,5-7H2,1-2H3. The van der Waals surface area contributed by atoms with Gasteiger partial charge in [0.2, 0.25) is 17.6 Å². The normalized spacial score (nSPS) is 11.5. The minimum absolute atomic E-state index is 0.128. The first kappa shape index (κ1) is 15.7. The molecular weight excluding hydrogens is 316 g/mol. The molecule has 0 unspecified atom stereocenters. The number of ether oxygens (including phenoxy) is 1. The fourth-order valence-electron chi connectivity index (χ4n) is 1.34. The molecule has 8 nitrogen and oxygen atoms in total. The molecule has 0 saturated heterocycles. The van der Waals surface area contributed by atoms with E-state index in [1.807, 2.05) is 0 Å². The molecule has 0 amide bonds. The molecule has 0 aromatic carbocycles. The van der Waals surface area contributed by atoms with Gasteiger partial charge < -0.3 is 9.26 Å². The summed E-state index contributed by atoms with van der Waals surface area (Å²) >= 11 is 1.42. The zero-order valence-corrected chi connectivity index (χ0v) is 13.1. The summed E-state index contributed by atoms with van der Waals surface area (Å²) in [6, 6.07) is 3.33. The van der Waals surface area contributed by atoms with Crippen LogP contribution >= 0.6 is 11.8 Å². The van der Waals surface area contributed by atoms with Gasteiger partial charge in [-0.1, -0.05) is 5.16 Å². The van der Waals surface area contributed by atoms with Crippen LogP contribution in [0.1, 0.15) is 5.89 Å². The van der Waals surface area contributed by atoms with E-state index < -0.39 is 9.84 Å². The molecule has 0 spiro atoms. The lowest BCUT2D eigenvalue weighted by Crippen LogP contribution is -2.05. The molecule has 0 aliphatic rings. The topological polar surface area (TPSA) is 108 Å². The van der Waals surface area contributed by atoms with E-state index in [1.54, 1.807) is 12.1 Å². The summed E-state index contributed by atoms with van der Waals surface area (Å²) in [5.41, 5.74) is 0.479. The van der Waals surface area contributed by atoms with Crippen molar-refractivity contribution in [2.24, 2.45) is 0 Å². The fraction of sp³-hybridized carbons (Fsp3) is 0.455. The lowest BCUT2D eigenvalue weighted by atomic mass is 10.4. The number of sulfone groups is 1. The highest BCUT2D eigenvalue weighted by Crippen LogP contribution is 2.17. The van der Waals surface area contributed by atoms with Crippen molar-refractivity contribution >= 4 is 21.6 Å². The highest BCUT2D eigenvalue weighted by atomic mass is 32.2. The Kier molecular flexibility index (Phi) is 5.12. The maximum Gasteiger partial charge on any atom is 0.237 e. The fourth-order valence-corrected chi connectivity index (χ4v) is 3.45. The van der Waals surface area contributed by atoms with Crippen LogP contribution in [0.2, 0.25) is 0 Å². The quantitative estimate of drug-likeness (QED) is 0.681. The summed E-state index contributed by atoms with van der Waals surface area (Å²) in [6.45, 7) is 0. The molecule has 2 heterocycles. The van der Waals surface area contributed by atoms with E-state index in [9.17, 15) is 8.42 Å². The second-order valence-corrected chi connectivity index (χ2v) is 7.52. The number of hydrogen-bond acceptors (Lipinski definition) is 9. The molecule has 0 saturated carbocycles. The summed E-state index contributed by atoms with van der Waals surface area (Å²) in [5, 5.41) is 11.5. The number of methoxy groups -OCH3 is 1. The average Bonchev–Trinajstić information content (AvgIpc) is 2.91. The molecular formula is C11H14N4O4S2. The molecule has 0 bridgehead atoms. The van der Waals surface area contributed by atoms with Crippen molar-refractivity contribution in [2.45, 2.75) is 5.75 Å². The average molecular weight is 330 g/mol. The molecule has 0 radical (unpaired) electrons. The van der Waals surface area contributed by atoms with E-state index in [0.29, 0.717) is 34.8 Å². The Morgan fingerprint density at radius 1 is 1.33 bits per heavy atom. The Labute approximate surface area is 126 Å². The molecule has 114 valence electrons. The predicted molar refractivity (Wildman–Crippen MR) is 77.7 cm³/mol. The third kappa shape index (κ3) is 4.97. The molecule has 0 aliphatic carbocycles. The second-order valence-electron chi connectivity index (χ2n) is 4.16. The first-order valence-electron chi connectivity index (χ1n) is 5.94. The highest BCUT2D eigenvalue weighted by Gasteiger charge is 2.11. The van der Waals surface area contributed by atoms with Crippen molar-refractivity contribution in [3.8, 4) is 17.4 Å². The molecule has 0 atom stereocenters. The number of hydrogen-bond donors (Lipinski definition) is 0. The van der Waals surface area contributed by atoms with Gasteiger partial charge in [0.05, 0.1) is 18.6 Å². The van der Waals surface area contributed by atoms with Crippen molar-refractivity contribution in [3.63, 3.8) is 0 Å². The number of aromatic nitrogens is 4. The van der Waals surface area contributed by atoms with Crippen molar-refractivity contribution in [3.05, 3.63) is 18.0 Å². The van der Waals surface area contributed by atoms with Crippen molar-refractivity contribution < 1.29 is 17.7 Å². The van der Waals surface area contributed by atoms with Crippen LogP contribution in [0.5, 0.6) is 5.88 Å². The molecule has 21 heavy (non-hydrogen) atoms. The Morgan fingerprint density at radius 2 is 2.14 bits per heavy atom. The molecule has 10 heteroatoms. The zero-order valence-electron chi connectivity index (χ0n) is 11.5. The summed E-state index contributed by atoms with van der Waals surface area (Å²) in [4.78, 5) is 4.18. The van der Waals surface area contributed by atoms with Gasteiger partial charge in [-0.3, -0.25) is 0 Å². The van der Waals surface area contributed by atoms with Crippen LogP contribution in [0.25, 0.3) is 11.5 Å². The Morgan fingerprint density at radius 3 is 2.76 bits per heavy atom. The van der Waals surface area contributed by atoms with Crippen LogP contribution < -0.4 is 4.74 Å². The van der Waals surface area contributed by atoms with E-state index in [1.165, 1.54) is 25.1 Å². The van der Waals surface area contributed by atoms with Gasteiger partial charge in [-0.15, -0.1) is 10.2 Å². The predicted octanol–water partition coefficient (Wildman–Crippen LogP) is 0.813. The third-order valence-corrected chi connectivity index (χ3v) is 4.52. The molecule has 0 aliphatic heterocycles. The van der Waals surface area contributed by atoms with Crippen LogP contribution in [0, 0.1) is 0 Å². The molecule has 2 aromatic heterocycles. The van der Waals surface area contributed by atoms with Gasteiger partial charge in [0.15, 0.2) is 0 Å². The van der Waals surface area contributed by atoms with Gasteiger partial charge >= 0.3 is 0 Å². The summed E-state index contributed by atoms with van der Waals surface area (Å²) in [6.07, 6.45) is 1.21. The van der Waals surface area contributed by atoms with Crippen LogP contribution in [-0.4, -0.2) is 53.6 Å². The minimum atomic E-state index is -2.94. The SMILES string of the molecule is COc1ccc(-c2noc(CSCCS(C)(=O)=O)n2)nn1. The van der Waals surface area contributed by atoms with E-state index in [2.05, 4.69) is 20.3 Å². The molecule has 2 rings (SSSR count). The number of rotatable bonds is 7. The highest BCUT2D eigenvalue weighted by molar-refractivity contribution is 7.99. The summed E-state index contributed by atoms with van der Waals surface area (Å²) in [7, 11) is -1.44. The van der Waals surface area contributed by atoms with Crippen molar-refractivity contribution in [1.82, 2.24) is 20.3 Å². The van der Waals surface area contributed by atoms with Crippen LogP contribution in [0.3, 0.4) is 0 Å². The van der Waals surface area contributed by atoms with Gasteiger partial charge in [-0.25, -0.2) is 8.42 Å². The monoisotopic (exact) mass is 330 g/mol. The molecule has 0 N–H and O–H groups in total. The summed E-state index contributed by atoms with van der Waals surface area (Å²) < 4.78 is 32.0. The van der Waals surface area contributed by atoms with Crippen molar-refractivity contribution in [2.75, 3.05) is 24.9 Å². The first-order valence-corrected chi connectivity index (χ1v) is 9.15. The van der Waals surface area contributed by atoms with E-state index >= 15 is 0 Å². The van der Waals surface area contributed by atoms with E-state index in [-0.39, 0.29) is 5.75 Å². The lowest BCUT2D eigenvalue weighted by molar-refractivity contribution is 0.389. The largest absolute Gasteiger partial charge is 0.480 e. The van der Waals surface area contributed by atoms with E-state index in [0.717, 1.165) is 0 Å². The van der Waals surface area contributed by atoms with Gasteiger partial charge in [-0.05, 0) is 6.07 Å². The third-order valence-electron chi connectivity index (χ3n) is 2.37. The molecule has 0 fully saturated rings. The Hall–Kier alpha value is -1.68. The molecule has 2 aromatic rings. The number of thioether (sulfide) groups is 1. The first-order chi connectivity index (χ1) is 9.98. The van der Waals surface area contributed by atoms with Gasteiger partial charge in [-0.2, -0.15) is 16.7 Å². The van der Waals surface area contributed by atoms with Crippen LogP contribution in [0.4, 0.5) is 0 Å². The van der Waals surface area contributed by atoms with Gasteiger partial charge in [0.1, 0.15) is 15.5 Å². The smallest absolute Gasteiger partial charge is 0.237 e. The number of nitrogens with zero attached hydrogens (tertiary/aromatic N) is 4. The maximum absolute atomic E-state index is 11.0. The summed E-state index contributed by atoms with van der Waals surface area (Å²) in [5.74, 6) is 2.22. The minimum Gasteiger partial charge on any atom is -0.480 e. The van der Waals surface area contributed by atoms with Gasteiger partial charge in [0.25, 0.3) is 0 Å². The Bertz CT molecular complexity index is 685. The Balaban J connectivity index is 1.91. The second kappa shape index (κ2) is 6.85. The van der Waals surface area contributed by atoms with Crippen molar-refractivity contribution in [1.29, 1.82) is 0 Å². The van der Waals surface area contributed by atoms with Crippen LogP contribution in [-0.2, 0) is 15.6 Å². The maximum atomic E-state index is 11.0. The lowest BCUT2D eigenvalue weighted by Gasteiger charge is -1.97.